The Morgan fingerprint density at radius 2 is 2.04 bits per heavy atom. The van der Waals surface area contributed by atoms with Crippen LogP contribution in [-0.2, 0) is 13.1 Å². The summed E-state index contributed by atoms with van der Waals surface area (Å²) in [6.45, 7) is 5.38. The molecule has 5 heteroatoms. The monoisotopic (exact) mass is 371 g/mol. The topological polar surface area (TPSA) is 28.6 Å². The van der Waals surface area contributed by atoms with Crippen LogP contribution >= 0.6 is 11.6 Å². The molecule has 0 spiro atoms. The van der Waals surface area contributed by atoms with E-state index in [0.29, 0.717) is 11.1 Å². The van der Waals surface area contributed by atoms with E-state index >= 15 is 0 Å². The fraction of sp³-hybridized carbons (Fsp3) is 0.476. The maximum atomic E-state index is 6.31. The average Bonchev–Trinajstić information content (AvgIpc) is 2.93. The molecule has 3 aliphatic rings. The SMILES string of the molecule is COc1ccc(CN2C[C@H]3CC[C@@H]2CN(Cc2ccccn2)C3)cc1Cl. The van der Waals surface area contributed by atoms with Gasteiger partial charge in [0.25, 0.3) is 0 Å². The van der Waals surface area contributed by atoms with Crippen molar-refractivity contribution in [2.75, 3.05) is 26.7 Å². The molecule has 3 aliphatic heterocycles. The van der Waals surface area contributed by atoms with Crippen LogP contribution in [0.15, 0.2) is 42.6 Å². The molecule has 0 N–H and O–H groups in total. The second-order valence-corrected chi connectivity index (χ2v) is 7.92. The molecule has 1 aromatic heterocycles. The number of hydrogen-bond donors (Lipinski definition) is 0. The van der Waals surface area contributed by atoms with Gasteiger partial charge in [0.05, 0.1) is 17.8 Å². The zero-order chi connectivity index (χ0) is 17.9. The lowest BCUT2D eigenvalue weighted by molar-refractivity contribution is 0.123. The Morgan fingerprint density at radius 3 is 2.81 bits per heavy atom. The van der Waals surface area contributed by atoms with Crippen molar-refractivity contribution in [3.05, 3.63) is 58.9 Å². The van der Waals surface area contributed by atoms with Gasteiger partial charge in [0.2, 0.25) is 0 Å². The predicted octanol–water partition coefficient (Wildman–Crippen LogP) is 3.84. The van der Waals surface area contributed by atoms with Crippen LogP contribution in [0.25, 0.3) is 0 Å². The minimum Gasteiger partial charge on any atom is -0.495 e. The van der Waals surface area contributed by atoms with E-state index in [0.717, 1.165) is 31.3 Å². The van der Waals surface area contributed by atoms with E-state index in [1.807, 2.05) is 24.4 Å². The zero-order valence-corrected chi connectivity index (χ0v) is 16.0. The van der Waals surface area contributed by atoms with Crippen LogP contribution in [0, 0.1) is 5.92 Å². The van der Waals surface area contributed by atoms with Gasteiger partial charge < -0.3 is 4.74 Å². The van der Waals surface area contributed by atoms with Gasteiger partial charge in [-0.1, -0.05) is 23.7 Å². The van der Waals surface area contributed by atoms with Gasteiger partial charge in [0, 0.05) is 45.0 Å². The number of aromatic nitrogens is 1. The fourth-order valence-corrected chi connectivity index (χ4v) is 4.64. The van der Waals surface area contributed by atoms with Gasteiger partial charge in [-0.05, 0) is 48.6 Å². The molecular formula is C21H26ClN3O. The highest BCUT2D eigenvalue weighted by atomic mass is 35.5. The number of pyridine rings is 1. The first-order valence-corrected chi connectivity index (χ1v) is 9.78. The molecule has 0 radical (unpaired) electrons. The second-order valence-electron chi connectivity index (χ2n) is 7.51. The molecule has 3 saturated heterocycles. The van der Waals surface area contributed by atoms with E-state index in [1.165, 1.54) is 37.2 Å². The van der Waals surface area contributed by atoms with E-state index in [-0.39, 0.29) is 0 Å². The molecule has 0 aliphatic carbocycles. The summed E-state index contributed by atoms with van der Waals surface area (Å²) in [7, 11) is 1.66. The molecule has 26 heavy (non-hydrogen) atoms. The predicted molar refractivity (Wildman–Crippen MR) is 104 cm³/mol. The summed E-state index contributed by atoms with van der Waals surface area (Å²) < 4.78 is 5.27. The molecule has 2 bridgehead atoms. The minimum absolute atomic E-state index is 0.610. The number of benzene rings is 1. The lowest BCUT2D eigenvalue weighted by Gasteiger charge is -2.36. The summed E-state index contributed by atoms with van der Waals surface area (Å²) in [5, 5.41) is 0.696. The average molecular weight is 372 g/mol. The van der Waals surface area contributed by atoms with Crippen molar-refractivity contribution < 1.29 is 4.74 Å². The summed E-state index contributed by atoms with van der Waals surface area (Å²) in [4.78, 5) is 9.74. The first kappa shape index (κ1) is 17.8. The third-order valence-corrected chi connectivity index (χ3v) is 5.91. The zero-order valence-electron chi connectivity index (χ0n) is 15.3. The number of fused-ring (bicyclic) bond motifs is 4. The normalized spacial score (nSPS) is 23.8. The van der Waals surface area contributed by atoms with Crippen molar-refractivity contribution >= 4 is 11.6 Å². The van der Waals surface area contributed by atoms with Crippen LogP contribution < -0.4 is 4.74 Å². The van der Waals surface area contributed by atoms with Crippen LogP contribution in [0.4, 0.5) is 0 Å². The highest BCUT2D eigenvalue weighted by Gasteiger charge is 2.34. The van der Waals surface area contributed by atoms with Gasteiger partial charge in [-0.2, -0.15) is 0 Å². The van der Waals surface area contributed by atoms with E-state index in [4.69, 9.17) is 16.3 Å². The Balaban J connectivity index is 1.44. The van der Waals surface area contributed by atoms with Gasteiger partial charge in [-0.25, -0.2) is 0 Å². The molecule has 2 atom stereocenters. The van der Waals surface area contributed by atoms with Gasteiger partial charge >= 0.3 is 0 Å². The van der Waals surface area contributed by atoms with Crippen molar-refractivity contribution in [2.24, 2.45) is 5.92 Å². The Kier molecular flexibility index (Phi) is 5.44. The molecule has 0 saturated carbocycles. The third kappa shape index (κ3) is 4.03. The molecule has 1 aromatic carbocycles. The van der Waals surface area contributed by atoms with E-state index in [1.54, 1.807) is 7.11 Å². The van der Waals surface area contributed by atoms with Crippen molar-refractivity contribution in [3.63, 3.8) is 0 Å². The first-order chi connectivity index (χ1) is 12.7. The molecular weight excluding hydrogens is 346 g/mol. The largest absolute Gasteiger partial charge is 0.495 e. The Hall–Kier alpha value is -1.62. The van der Waals surface area contributed by atoms with Crippen LogP contribution in [0.1, 0.15) is 24.1 Å². The number of ether oxygens (including phenoxy) is 1. The van der Waals surface area contributed by atoms with Crippen LogP contribution in [-0.4, -0.2) is 47.6 Å². The Morgan fingerprint density at radius 1 is 1.12 bits per heavy atom. The summed E-state index contributed by atoms with van der Waals surface area (Å²) in [6.07, 6.45) is 4.51. The van der Waals surface area contributed by atoms with E-state index in [9.17, 15) is 0 Å². The highest BCUT2D eigenvalue weighted by Crippen LogP contribution is 2.31. The summed E-state index contributed by atoms with van der Waals surface area (Å²) >= 11 is 6.31. The van der Waals surface area contributed by atoms with Crippen LogP contribution in [0.5, 0.6) is 5.75 Å². The van der Waals surface area contributed by atoms with Crippen molar-refractivity contribution in [1.82, 2.24) is 14.8 Å². The molecule has 3 fully saturated rings. The maximum Gasteiger partial charge on any atom is 0.137 e. The fourth-order valence-electron chi connectivity index (χ4n) is 4.36. The summed E-state index contributed by atoms with van der Waals surface area (Å²) in [6, 6.07) is 13.0. The first-order valence-electron chi connectivity index (χ1n) is 9.40. The minimum atomic E-state index is 0.610. The summed E-state index contributed by atoms with van der Waals surface area (Å²) in [5.74, 6) is 1.49. The standard InChI is InChI=1S/C21H26ClN3O/c1-26-21-8-6-16(10-20(21)22)12-25-13-17-5-7-19(25)15-24(11-17)14-18-4-2-3-9-23-18/h2-4,6,8-10,17,19H,5,7,11-15H2,1H3/t17-,19+/m0/s1. The molecule has 4 heterocycles. The number of halogens is 1. The Labute approximate surface area is 160 Å². The lowest BCUT2D eigenvalue weighted by atomic mass is 9.94. The van der Waals surface area contributed by atoms with Crippen molar-refractivity contribution in [3.8, 4) is 5.75 Å². The van der Waals surface area contributed by atoms with Gasteiger partial charge in [0.1, 0.15) is 5.75 Å². The van der Waals surface area contributed by atoms with Gasteiger partial charge in [0.15, 0.2) is 0 Å². The molecule has 4 nitrogen and oxygen atoms in total. The molecule has 5 rings (SSSR count). The second kappa shape index (κ2) is 7.95. The maximum absolute atomic E-state index is 6.31. The third-order valence-electron chi connectivity index (χ3n) is 5.62. The van der Waals surface area contributed by atoms with E-state index in [2.05, 4.69) is 33.0 Å². The number of rotatable bonds is 5. The number of nitrogens with zero attached hydrogens (tertiary/aromatic N) is 3. The highest BCUT2D eigenvalue weighted by molar-refractivity contribution is 6.32. The molecule has 0 unspecified atom stereocenters. The van der Waals surface area contributed by atoms with E-state index < -0.39 is 0 Å². The summed E-state index contributed by atoms with van der Waals surface area (Å²) in [5.41, 5.74) is 2.43. The van der Waals surface area contributed by atoms with Crippen molar-refractivity contribution in [2.45, 2.75) is 32.0 Å². The molecule has 0 amide bonds. The number of piperidine rings is 1. The number of hydrogen-bond acceptors (Lipinski definition) is 4. The smallest absolute Gasteiger partial charge is 0.137 e. The van der Waals surface area contributed by atoms with Crippen LogP contribution in [0.2, 0.25) is 5.02 Å². The quantitative estimate of drug-likeness (QED) is 0.798. The Bertz CT molecular complexity index is 739. The molecule has 2 aromatic rings. The lowest BCUT2D eigenvalue weighted by Crippen LogP contribution is -2.43. The van der Waals surface area contributed by atoms with Gasteiger partial charge in [-0.3, -0.25) is 14.8 Å². The van der Waals surface area contributed by atoms with Crippen LogP contribution in [0.3, 0.4) is 0 Å². The van der Waals surface area contributed by atoms with Crippen molar-refractivity contribution in [1.29, 1.82) is 0 Å². The number of methoxy groups -OCH3 is 1. The molecule has 138 valence electrons. The van der Waals surface area contributed by atoms with Gasteiger partial charge in [-0.15, -0.1) is 0 Å².